The third kappa shape index (κ3) is 9.05. The first-order valence-corrected chi connectivity index (χ1v) is 13.6. The molecule has 3 amide bonds. The molecule has 222 valence electrons. The van der Waals surface area contributed by atoms with E-state index < -0.39 is 60.5 Å². The Morgan fingerprint density at radius 1 is 0.810 bits per heavy atom. The SMILES string of the molecule is CCCOc1ccc(OCC(=O)[C@H](CC(=O)O)NC(=O)[C@@H](NC(=O)C(=O)Nc2cccc3ccccc23)C(C)C)cc1. The maximum absolute atomic E-state index is 13.1. The summed E-state index contributed by atoms with van der Waals surface area (Å²) in [6.45, 7) is 5.31. The normalized spacial score (nSPS) is 12.2. The predicted molar refractivity (Wildman–Crippen MR) is 156 cm³/mol. The number of benzene rings is 3. The highest BCUT2D eigenvalue weighted by molar-refractivity contribution is 6.40. The average Bonchev–Trinajstić information content (AvgIpc) is 2.97. The highest BCUT2D eigenvalue weighted by Crippen LogP contribution is 2.23. The minimum absolute atomic E-state index is 0.358. The monoisotopic (exact) mass is 577 g/mol. The van der Waals surface area contributed by atoms with Crippen molar-refractivity contribution >= 4 is 45.9 Å². The Morgan fingerprint density at radius 2 is 1.45 bits per heavy atom. The van der Waals surface area contributed by atoms with Crippen molar-refractivity contribution in [3.63, 3.8) is 0 Å². The number of Topliss-reactive ketones (excluding diaryl/α,β-unsaturated/α-hetero) is 1. The highest BCUT2D eigenvalue weighted by atomic mass is 16.5. The van der Waals surface area contributed by atoms with E-state index in [-0.39, 0.29) is 0 Å². The lowest BCUT2D eigenvalue weighted by molar-refractivity contribution is -0.141. The number of nitrogens with one attached hydrogen (secondary N) is 3. The van der Waals surface area contributed by atoms with E-state index in [0.29, 0.717) is 23.8 Å². The van der Waals surface area contributed by atoms with Gasteiger partial charge >= 0.3 is 17.8 Å². The maximum atomic E-state index is 13.1. The van der Waals surface area contributed by atoms with Gasteiger partial charge in [-0.05, 0) is 48.1 Å². The average molecular weight is 578 g/mol. The Kier molecular flexibility index (Phi) is 11.4. The van der Waals surface area contributed by atoms with Gasteiger partial charge in [-0.3, -0.25) is 24.0 Å². The Hall–Kier alpha value is -4.93. The van der Waals surface area contributed by atoms with E-state index >= 15 is 0 Å². The first-order valence-electron chi connectivity index (χ1n) is 13.6. The highest BCUT2D eigenvalue weighted by Gasteiger charge is 2.31. The smallest absolute Gasteiger partial charge is 0.313 e. The number of hydrogen-bond acceptors (Lipinski definition) is 7. The summed E-state index contributed by atoms with van der Waals surface area (Å²) in [6, 6.07) is 16.5. The number of carboxylic acid groups (broad SMARTS) is 1. The number of carbonyl (C=O) groups is 5. The van der Waals surface area contributed by atoms with E-state index in [2.05, 4.69) is 16.0 Å². The standard InChI is InChI=1S/C31H35N3O8/c1-4-16-41-21-12-14-22(15-13-21)42-18-26(35)25(17-27(36)37)33-29(38)28(19(2)3)34-31(40)30(39)32-24-11-7-9-20-8-5-6-10-23(20)24/h5-15,19,25,28H,4,16-18H2,1-3H3,(H,32,39)(H,33,38)(H,34,40)(H,36,37)/t25-,28-/m0/s1. The molecular formula is C31H35N3O8. The molecule has 0 heterocycles. The molecule has 0 unspecified atom stereocenters. The van der Waals surface area contributed by atoms with Gasteiger partial charge in [-0.25, -0.2) is 0 Å². The summed E-state index contributed by atoms with van der Waals surface area (Å²) in [5, 5.41) is 18.3. The first kappa shape index (κ1) is 31.6. The molecule has 3 aromatic carbocycles. The fourth-order valence-corrected chi connectivity index (χ4v) is 4.04. The largest absolute Gasteiger partial charge is 0.494 e. The molecule has 3 rings (SSSR count). The quantitative estimate of drug-likeness (QED) is 0.212. The van der Waals surface area contributed by atoms with E-state index in [4.69, 9.17) is 9.47 Å². The van der Waals surface area contributed by atoms with Crippen LogP contribution in [0, 0.1) is 5.92 Å². The van der Waals surface area contributed by atoms with E-state index in [9.17, 15) is 29.1 Å². The van der Waals surface area contributed by atoms with Gasteiger partial charge in [0.15, 0.2) is 5.78 Å². The summed E-state index contributed by atoms with van der Waals surface area (Å²) >= 11 is 0. The molecule has 0 aliphatic carbocycles. The number of ketones is 1. The second-order valence-electron chi connectivity index (χ2n) is 9.91. The Balaban J connectivity index is 1.62. The van der Waals surface area contributed by atoms with Crippen LogP contribution in [0.2, 0.25) is 0 Å². The van der Waals surface area contributed by atoms with Crippen molar-refractivity contribution in [3.8, 4) is 11.5 Å². The molecule has 0 fully saturated rings. The predicted octanol–water partition coefficient (Wildman–Crippen LogP) is 3.32. The van der Waals surface area contributed by atoms with Crippen LogP contribution in [-0.4, -0.2) is 59.9 Å². The van der Waals surface area contributed by atoms with Crippen LogP contribution in [0.25, 0.3) is 10.8 Å². The van der Waals surface area contributed by atoms with Crippen LogP contribution in [0.3, 0.4) is 0 Å². The number of carboxylic acids is 1. The molecular weight excluding hydrogens is 542 g/mol. The number of aliphatic carboxylic acids is 1. The summed E-state index contributed by atoms with van der Waals surface area (Å²) < 4.78 is 11.0. The number of amides is 3. The molecule has 11 nitrogen and oxygen atoms in total. The zero-order chi connectivity index (χ0) is 30.6. The number of ether oxygens (including phenoxy) is 2. The number of hydrogen-bond donors (Lipinski definition) is 4. The second-order valence-corrected chi connectivity index (χ2v) is 9.91. The van der Waals surface area contributed by atoms with Crippen LogP contribution < -0.4 is 25.4 Å². The summed E-state index contributed by atoms with van der Waals surface area (Å²) in [6.07, 6.45) is 0.154. The van der Waals surface area contributed by atoms with Crippen LogP contribution in [0.4, 0.5) is 5.69 Å². The van der Waals surface area contributed by atoms with Crippen LogP contribution in [0.5, 0.6) is 11.5 Å². The molecule has 0 aliphatic heterocycles. The van der Waals surface area contributed by atoms with E-state index in [1.165, 1.54) is 0 Å². The molecule has 2 atom stereocenters. The lowest BCUT2D eigenvalue weighted by atomic mass is 10.0. The van der Waals surface area contributed by atoms with Gasteiger partial charge in [0.2, 0.25) is 5.91 Å². The molecule has 0 aromatic heterocycles. The van der Waals surface area contributed by atoms with Crippen molar-refractivity contribution in [2.45, 2.75) is 45.7 Å². The Labute approximate surface area is 243 Å². The second kappa shape index (κ2) is 15.2. The zero-order valence-electron chi connectivity index (χ0n) is 23.7. The minimum atomic E-state index is -1.43. The van der Waals surface area contributed by atoms with E-state index in [0.717, 1.165) is 17.2 Å². The fourth-order valence-electron chi connectivity index (χ4n) is 4.04. The Morgan fingerprint density at radius 3 is 2.10 bits per heavy atom. The lowest BCUT2D eigenvalue weighted by Crippen LogP contribution is -2.56. The third-order valence-corrected chi connectivity index (χ3v) is 6.24. The van der Waals surface area contributed by atoms with Gasteiger partial charge < -0.3 is 30.5 Å². The maximum Gasteiger partial charge on any atom is 0.313 e. The van der Waals surface area contributed by atoms with Crippen molar-refractivity contribution in [2.75, 3.05) is 18.5 Å². The summed E-state index contributed by atoms with van der Waals surface area (Å²) in [4.78, 5) is 62.9. The molecule has 0 saturated heterocycles. The van der Waals surface area contributed by atoms with Crippen molar-refractivity contribution in [1.82, 2.24) is 10.6 Å². The minimum Gasteiger partial charge on any atom is -0.494 e. The lowest BCUT2D eigenvalue weighted by Gasteiger charge is -2.24. The summed E-state index contributed by atoms with van der Waals surface area (Å²) in [5.41, 5.74) is 0.425. The van der Waals surface area contributed by atoms with Crippen molar-refractivity contribution in [2.24, 2.45) is 5.92 Å². The van der Waals surface area contributed by atoms with Gasteiger partial charge in [0, 0.05) is 11.1 Å². The molecule has 0 saturated carbocycles. The van der Waals surface area contributed by atoms with Gasteiger partial charge in [-0.1, -0.05) is 57.2 Å². The fraction of sp³-hybridized carbons (Fsp3) is 0.323. The Bertz CT molecular complexity index is 1420. The van der Waals surface area contributed by atoms with E-state index in [1.807, 2.05) is 25.1 Å². The van der Waals surface area contributed by atoms with Crippen LogP contribution in [0.1, 0.15) is 33.6 Å². The number of fused-ring (bicyclic) bond motifs is 1. The van der Waals surface area contributed by atoms with Crippen LogP contribution in [-0.2, 0) is 24.0 Å². The molecule has 0 aliphatic rings. The zero-order valence-corrected chi connectivity index (χ0v) is 23.7. The van der Waals surface area contributed by atoms with Gasteiger partial charge in [-0.15, -0.1) is 0 Å². The van der Waals surface area contributed by atoms with E-state index in [1.54, 1.807) is 62.4 Å². The van der Waals surface area contributed by atoms with Crippen molar-refractivity contribution in [3.05, 3.63) is 66.7 Å². The number of anilines is 1. The van der Waals surface area contributed by atoms with Crippen molar-refractivity contribution < 1.29 is 38.6 Å². The summed E-state index contributed by atoms with van der Waals surface area (Å²) in [7, 11) is 0. The molecule has 0 bridgehead atoms. The topological polar surface area (TPSA) is 160 Å². The molecule has 11 heteroatoms. The number of rotatable bonds is 14. The molecule has 3 aromatic rings. The van der Waals surface area contributed by atoms with Crippen molar-refractivity contribution in [1.29, 1.82) is 0 Å². The number of carbonyl (C=O) groups excluding carboxylic acids is 4. The third-order valence-electron chi connectivity index (χ3n) is 6.24. The molecule has 4 N–H and O–H groups in total. The van der Waals surface area contributed by atoms with Crippen LogP contribution in [0.15, 0.2) is 66.7 Å². The summed E-state index contributed by atoms with van der Waals surface area (Å²) in [5.74, 6) is -4.35. The van der Waals surface area contributed by atoms with Gasteiger partial charge in [0.05, 0.1) is 13.0 Å². The van der Waals surface area contributed by atoms with Gasteiger partial charge in [0.25, 0.3) is 0 Å². The first-order chi connectivity index (χ1) is 20.1. The molecule has 42 heavy (non-hydrogen) atoms. The molecule has 0 radical (unpaired) electrons. The van der Waals surface area contributed by atoms with Gasteiger partial charge in [-0.2, -0.15) is 0 Å². The molecule has 0 spiro atoms. The van der Waals surface area contributed by atoms with Crippen LogP contribution >= 0.6 is 0 Å². The van der Waals surface area contributed by atoms with Gasteiger partial charge in [0.1, 0.15) is 30.2 Å².